The Hall–Kier alpha value is -3.09. The number of unbranched alkanes of at least 4 members (excludes halogenated alkanes) is 24. The Morgan fingerprint density at radius 2 is 0.981 bits per heavy atom. The Bertz CT molecular complexity index is 1360. The fourth-order valence-corrected chi connectivity index (χ4v) is 7.25. The molecule has 1 aromatic carbocycles. The van der Waals surface area contributed by atoms with Crippen LogP contribution in [0.1, 0.15) is 212 Å². The molecule has 0 amide bonds. The molecule has 1 aromatic heterocycles. The fourth-order valence-electron chi connectivity index (χ4n) is 7.25. The number of carbonyl (C=O) groups excluding carboxylic acids is 2. The van der Waals surface area contributed by atoms with Crippen LogP contribution in [0.3, 0.4) is 0 Å². The number of fused-ring (bicyclic) bond motifs is 1. The van der Waals surface area contributed by atoms with Crippen molar-refractivity contribution in [3.05, 3.63) is 52.4 Å². The first-order valence-electron chi connectivity index (χ1n) is 22.0. The lowest BCUT2D eigenvalue weighted by Crippen LogP contribution is -2.30. The van der Waals surface area contributed by atoms with Gasteiger partial charge in [0.1, 0.15) is 11.3 Å². The van der Waals surface area contributed by atoms with Gasteiger partial charge in [0.05, 0.1) is 12.7 Å². The van der Waals surface area contributed by atoms with E-state index in [2.05, 4.69) is 20.4 Å². The largest absolute Gasteiger partial charge is 0.496 e. The number of hydrogen-bond acceptors (Lipinski definition) is 7. The Labute approximate surface area is 328 Å². The predicted octanol–water partition coefficient (Wildman–Crippen LogP) is 13.8. The molecule has 0 aliphatic rings. The molecule has 0 saturated heterocycles. The summed E-state index contributed by atoms with van der Waals surface area (Å²) in [5.74, 6) is -0.405. The molecule has 0 aliphatic heterocycles. The second-order valence-electron chi connectivity index (χ2n) is 15.5. The van der Waals surface area contributed by atoms with Crippen molar-refractivity contribution >= 4 is 22.9 Å². The summed E-state index contributed by atoms with van der Waals surface area (Å²) in [7, 11) is 1.51. The molecular weight excluding hydrogens is 677 g/mol. The summed E-state index contributed by atoms with van der Waals surface area (Å²) in [6, 6.07) is 6.53. The minimum Gasteiger partial charge on any atom is -0.496 e. The normalized spacial score (nSPS) is 12.4. The van der Waals surface area contributed by atoms with Crippen molar-refractivity contribution in [2.24, 2.45) is 0 Å². The molecular formula is C47H76O7. The first-order valence-corrected chi connectivity index (χ1v) is 22.0. The molecule has 0 spiro atoms. The molecule has 0 bridgehead atoms. The number of methoxy groups -OCH3 is 1. The zero-order valence-electron chi connectivity index (χ0n) is 34.8. The Kier molecular flexibility index (Phi) is 26.3. The third-order valence-corrected chi connectivity index (χ3v) is 10.5. The van der Waals surface area contributed by atoms with Crippen molar-refractivity contribution in [3.63, 3.8) is 0 Å². The zero-order valence-corrected chi connectivity index (χ0v) is 34.8. The van der Waals surface area contributed by atoms with E-state index in [1.54, 1.807) is 25.1 Å². The molecule has 0 aliphatic carbocycles. The number of carbonyl (C=O) groups is 2. The molecule has 2 aromatic rings. The monoisotopic (exact) mass is 753 g/mol. The van der Waals surface area contributed by atoms with Crippen LogP contribution >= 0.6 is 0 Å². The van der Waals surface area contributed by atoms with Crippen molar-refractivity contribution in [3.8, 4) is 5.75 Å². The van der Waals surface area contributed by atoms with Crippen LogP contribution in [0.2, 0.25) is 0 Å². The highest BCUT2D eigenvalue weighted by atomic mass is 16.6. The first-order chi connectivity index (χ1) is 26.3. The van der Waals surface area contributed by atoms with E-state index in [9.17, 15) is 14.4 Å². The average molecular weight is 753 g/mol. The van der Waals surface area contributed by atoms with Gasteiger partial charge in [0.2, 0.25) is 0 Å². The van der Waals surface area contributed by atoms with Crippen LogP contribution in [0.15, 0.2) is 45.6 Å². The third kappa shape index (κ3) is 20.0. The summed E-state index contributed by atoms with van der Waals surface area (Å²) >= 11 is 0. The highest BCUT2D eigenvalue weighted by Gasteiger charge is 2.35. The van der Waals surface area contributed by atoms with Crippen molar-refractivity contribution in [2.75, 3.05) is 7.11 Å². The van der Waals surface area contributed by atoms with Crippen LogP contribution in [0.5, 0.6) is 5.75 Å². The highest BCUT2D eigenvalue weighted by molar-refractivity contribution is 5.83. The van der Waals surface area contributed by atoms with Crippen molar-refractivity contribution in [1.29, 1.82) is 0 Å². The first kappa shape index (κ1) is 47.1. The zero-order chi connectivity index (χ0) is 39.2. The maximum Gasteiger partial charge on any atom is 0.336 e. The summed E-state index contributed by atoms with van der Waals surface area (Å²) in [6.45, 7) is 10.4. The molecule has 7 heteroatoms. The van der Waals surface area contributed by atoms with Gasteiger partial charge in [-0.05, 0) is 43.5 Å². The molecule has 0 fully saturated rings. The fraction of sp³-hybridized carbons (Fsp3) is 0.723. The topological polar surface area (TPSA) is 92.0 Å². The third-order valence-electron chi connectivity index (χ3n) is 10.5. The van der Waals surface area contributed by atoms with E-state index in [-0.39, 0.29) is 24.4 Å². The minimum atomic E-state index is -1.10. The lowest BCUT2D eigenvalue weighted by Gasteiger charge is -2.29. The summed E-state index contributed by atoms with van der Waals surface area (Å²) < 4.78 is 23.6. The summed E-state index contributed by atoms with van der Waals surface area (Å²) in [5.41, 5.74) is 0.567. The lowest BCUT2D eigenvalue weighted by molar-refractivity contribution is -0.166. The maximum atomic E-state index is 13.4. The highest BCUT2D eigenvalue weighted by Crippen LogP contribution is 2.39. The van der Waals surface area contributed by atoms with E-state index in [0.717, 1.165) is 32.1 Å². The molecule has 54 heavy (non-hydrogen) atoms. The summed E-state index contributed by atoms with van der Waals surface area (Å²) in [4.78, 5) is 39.1. The summed E-state index contributed by atoms with van der Waals surface area (Å²) in [6.07, 6.45) is 30.1. The lowest BCUT2D eigenvalue weighted by atomic mass is 9.96. The summed E-state index contributed by atoms with van der Waals surface area (Å²) in [5, 5.41) is 0.640. The van der Waals surface area contributed by atoms with E-state index >= 15 is 0 Å². The van der Waals surface area contributed by atoms with Gasteiger partial charge in [0.25, 0.3) is 0 Å². The van der Waals surface area contributed by atoms with E-state index < -0.39 is 23.8 Å². The van der Waals surface area contributed by atoms with E-state index in [0.29, 0.717) is 28.7 Å². The molecule has 2 atom stereocenters. The van der Waals surface area contributed by atoms with Crippen LogP contribution in [0.4, 0.5) is 0 Å². The van der Waals surface area contributed by atoms with Gasteiger partial charge in [0.15, 0.2) is 12.2 Å². The number of benzene rings is 1. The van der Waals surface area contributed by atoms with Crippen LogP contribution in [-0.2, 0) is 19.1 Å². The van der Waals surface area contributed by atoms with Crippen LogP contribution in [0.25, 0.3) is 11.0 Å². The predicted molar refractivity (Wildman–Crippen MR) is 223 cm³/mol. The second kappa shape index (κ2) is 30.2. The quantitative estimate of drug-likeness (QED) is 0.0304. The molecule has 0 saturated carbocycles. The average Bonchev–Trinajstić information content (AvgIpc) is 3.16. The molecule has 306 valence electrons. The van der Waals surface area contributed by atoms with Gasteiger partial charge < -0.3 is 18.6 Å². The number of ether oxygens (including phenoxy) is 3. The standard InChI is InChI=1S/C47H76O7/c1-6-8-10-12-14-16-18-20-22-24-26-28-30-32-41(48)52-45(38(3)4)47(44-40(51-5)36-34-39-35-37-43(50)53-46(39)44)54-42(49)33-31-29-27-25-23-21-19-17-15-13-11-9-7-2/h34-37,45,47H,3,6-33H2,1-2,4-5H3. The van der Waals surface area contributed by atoms with Gasteiger partial charge in [-0.3, -0.25) is 9.59 Å². The molecule has 1 heterocycles. The van der Waals surface area contributed by atoms with E-state index in [4.69, 9.17) is 18.6 Å². The molecule has 2 unspecified atom stereocenters. The number of rotatable bonds is 34. The molecule has 0 radical (unpaired) electrons. The van der Waals surface area contributed by atoms with Gasteiger partial charge in [-0.25, -0.2) is 4.79 Å². The van der Waals surface area contributed by atoms with Crippen molar-refractivity contribution in [1.82, 2.24) is 0 Å². The number of hydrogen-bond donors (Lipinski definition) is 0. The molecule has 2 rings (SSSR count). The van der Waals surface area contributed by atoms with Gasteiger partial charge >= 0.3 is 17.6 Å². The Morgan fingerprint density at radius 3 is 1.39 bits per heavy atom. The van der Waals surface area contributed by atoms with Crippen LogP contribution in [0, 0.1) is 0 Å². The molecule has 7 nitrogen and oxygen atoms in total. The van der Waals surface area contributed by atoms with E-state index in [1.165, 1.54) is 142 Å². The maximum absolute atomic E-state index is 13.4. The van der Waals surface area contributed by atoms with Crippen LogP contribution < -0.4 is 10.4 Å². The van der Waals surface area contributed by atoms with Gasteiger partial charge in [-0.15, -0.1) is 0 Å². The number of esters is 2. The SMILES string of the molecule is C=C(C)C(OC(=O)CCCCCCCCCCCCCCC)C(OC(=O)CCCCCCCCCCCCCCC)c1c(OC)ccc2ccc(=O)oc12. The minimum absolute atomic E-state index is 0.236. The van der Waals surface area contributed by atoms with Crippen LogP contribution in [-0.4, -0.2) is 25.2 Å². The Morgan fingerprint density at radius 1 is 0.593 bits per heavy atom. The molecule has 0 N–H and O–H groups in total. The van der Waals surface area contributed by atoms with Gasteiger partial charge in [-0.1, -0.05) is 175 Å². The van der Waals surface area contributed by atoms with Gasteiger partial charge in [-0.2, -0.15) is 0 Å². The second-order valence-corrected chi connectivity index (χ2v) is 15.5. The van der Waals surface area contributed by atoms with Gasteiger partial charge in [0, 0.05) is 24.3 Å². The Balaban J connectivity index is 1.94. The van der Waals surface area contributed by atoms with E-state index in [1.807, 2.05) is 0 Å². The van der Waals surface area contributed by atoms with Crippen molar-refractivity contribution < 1.29 is 28.2 Å². The smallest absolute Gasteiger partial charge is 0.336 e. The van der Waals surface area contributed by atoms with Crippen molar-refractivity contribution in [2.45, 2.75) is 213 Å².